The van der Waals surface area contributed by atoms with E-state index >= 15 is 0 Å². The van der Waals surface area contributed by atoms with Crippen molar-refractivity contribution in [2.75, 3.05) is 0 Å². The zero-order valence-electron chi connectivity index (χ0n) is 7.01. The van der Waals surface area contributed by atoms with Crippen molar-refractivity contribution in [2.24, 2.45) is 0 Å². The highest BCUT2D eigenvalue weighted by atomic mass is 35.5. The molecule has 3 heteroatoms. The maximum Gasteiger partial charge on any atom is 0.148 e. The van der Waals surface area contributed by atoms with Crippen LogP contribution in [0, 0.1) is 6.92 Å². The molecule has 0 amide bonds. The fraction of sp³-hybridized carbons (Fsp3) is 0.100. The Hall–Kier alpha value is -0.790. The molecule has 0 saturated carbocycles. The second-order valence-electron chi connectivity index (χ2n) is 2.96. The molecule has 0 aliphatic rings. The van der Waals surface area contributed by atoms with Gasteiger partial charge in [0.25, 0.3) is 0 Å². The van der Waals surface area contributed by atoms with Crippen LogP contribution in [0.3, 0.4) is 0 Å². The number of pyridine rings is 1. The van der Waals surface area contributed by atoms with Gasteiger partial charge in [-0.2, -0.15) is 0 Å². The lowest BCUT2D eigenvalue weighted by molar-refractivity contribution is 1.39. The lowest BCUT2D eigenvalue weighted by Crippen LogP contribution is -1.82. The highest BCUT2D eigenvalue weighted by molar-refractivity contribution is 6.41. The molecule has 2 aromatic rings. The van der Waals surface area contributed by atoms with Crippen molar-refractivity contribution < 1.29 is 0 Å². The van der Waals surface area contributed by atoms with Crippen molar-refractivity contribution in [1.82, 2.24) is 4.98 Å². The van der Waals surface area contributed by atoms with E-state index in [4.69, 9.17) is 23.2 Å². The van der Waals surface area contributed by atoms with Gasteiger partial charge in [0.05, 0.1) is 10.5 Å². The van der Waals surface area contributed by atoms with Gasteiger partial charge in [0.15, 0.2) is 0 Å². The molecule has 1 nitrogen and oxygen atoms in total. The summed E-state index contributed by atoms with van der Waals surface area (Å²) < 4.78 is 0. The molecule has 0 aliphatic heterocycles. The molecule has 0 saturated heterocycles. The first-order valence-corrected chi connectivity index (χ1v) is 4.65. The number of nitrogens with zero attached hydrogens (tertiary/aromatic N) is 1. The number of fused-ring (bicyclic) bond motifs is 1. The first-order chi connectivity index (χ1) is 6.16. The Labute approximate surface area is 86.3 Å². The van der Waals surface area contributed by atoms with E-state index in [2.05, 4.69) is 4.98 Å². The Bertz CT molecular complexity index is 466. The summed E-state index contributed by atoms with van der Waals surface area (Å²) in [5.41, 5.74) is 2.05. The van der Waals surface area contributed by atoms with Crippen LogP contribution in [0.2, 0.25) is 10.2 Å². The molecule has 1 aromatic heterocycles. The molecule has 0 bridgehead atoms. The van der Waals surface area contributed by atoms with Gasteiger partial charge in [-0.15, -0.1) is 0 Å². The van der Waals surface area contributed by atoms with Crippen LogP contribution in [-0.2, 0) is 0 Å². The first-order valence-electron chi connectivity index (χ1n) is 3.89. The predicted molar refractivity (Wildman–Crippen MR) is 56.5 cm³/mol. The number of halogens is 2. The summed E-state index contributed by atoms with van der Waals surface area (Å²) in [6, 6.07) is 7.82. The smallest absolute Gasteiger partial charge is 0.148 e. The minimum Gasteiger partial charge on any atom is -0.235 e. The summed E-state index contributed by atoms with van der Waals surface area (Å²) in [5.74, 6) is 0. The van der Waals surface area contributed by atoms with Gasteiger partial charge in [-0.3, -0.25) is 0 Å². The van der Waals surface area contributed by atoms with Crippen LogP contribution in [-0.4, -0.2) is 4.98 Å². The van der Waals surface area contributed by atoms with Crippen LogP contribution in [0.4, 0.5) is 0 Å². The van der Waals surface area contributed by atoms with E-state index in [-0.39, 0.29) is 0 Å². The molecule has 0 spiro atoms. The lowest BCUT2D eigenvalue weighted by Gasteiger charge is -2.00. The van der Waals surface area contributed by atoms with Crippen molar-refractivity contribution in [3.05, 3.63) is 40.0 Å². The largest absolute Gasteiger partial charge is 0.235 e. The highest BCUT2D eigenvalue weighted by Crippen LogP contribution is 2.24. The molecule has 1 aromatic carbocycles. The summed E-state index contributed by atoms with van der Waals surface area (Å²) in [5, 5.41) is 1.87. The Kier molecular flexibility index (Phi) is 2.14. The normalized spacial score (nSPS) is 10.7. The zero-order valence-corrected chi connectivity index (χ0v) is 8.52. The molecule has 1 heterocycles. The van der Waals surface area contributed by atoms with E-state index in [9.17, 15) is 0 Å². The van der Waals surface area contributed by atoms with Crippen LogP contribution in [0.15, 0.2) is 24.3 Å². The van der Waals surface area contributed by atoms with Gasteiger partial charge in [-0.05, 0) is 24.6 Å². The van der Waals surface area contributed by atoms with Crippen molar-refractivity contribution in [2.45, 2.75) is 6.92 Å². The summed E-state index contributed by atoms with van der Waals surface area (Å²) in [7, 11) is 0. The maximum atomic E-state index is 5.83. The lowest BCUT2D eigenvalue weighted by atomic mass is 10.1. The third kappa shape index (κ3) is 1.62. The van der Waals surface area contributed by atoms with E-state index in [0.29, 0.717) is 10.2 Å². The van der Waals surface area contributed by atoms with Gasteiger partial charge in [-0.1, -0.05) is 35.3 Å². The fourth-order valence-corrected chi connectivity index (χ4v) is 1.53. The number of benzene rings is 1. The quantitative estimate of drug-likeness (QED) is 0.604. The van der Waals surface area contributed by atoms with Crippen LogP contribution in [0.25, 0.3) is 10.9 Å². The second kappa shape index (κ2) is 3.17. The van der Waals surface area contributed by atoms with E-state index < -0.39 is 0 Å². The fourth-order valence-electron chi connectivity index (χ4n) is 1.23. The van der Waals surface area contributed by atoms with Crippen molar-refractivity contribution in [3.63, 3.8) is 0 Å². The molecule has 0 atom stereocenters. The molecule has 13 heavy (non-hydrogen) atoms. The standard InChI is InChI=1S/C10H7Cl2N/c1-6-2-3-7-5-8(11)10(12)13-9(7)4-6/h2-5H,1H3. The van der Waals surface area contributed by atoms with Crippen LogP contribution in [0.5, 0.6) is 0 Å². The minimum atomic E-state index is 0.361. The number of hydrogen-bond donors (Lipinski definition) is 0. The second-order valence-corrected chi connectivity index (χ2v) is 3.72. The van der Waals surface area contributed by atoms with E-state index in [1.807, 2.05) is 31.2 Å². The van der Waals surface area contributed by atoms with Crippen LogP contribution in [0.1, 0.15) is 5.56 Å². The third-order valence-corrected chi connectivity index (χ3v) is 2.56. The Balaban J connectivity index is 2.81. The maximum absolute atomic E-state index is 5.83. The van der Waals surface area contributed by atoms with Gasteiger partial charge >= 0.3 is 0 Å². The number of aromatic nitrogens is 1. The third-order valence-electron chi connectivity index (χ3n) is 1.88. The van der Waals surface area contributed by atoms with Gasteiger partial charge in [0, 0.05) is 5.39 Å². The molecule has 0 aliphatic carbocycles. The van der Waals surface area contributed by atoms with Gasteiger partial charge in [0.1, 0.15) is 5.15 Å². The minimum absolute atomic E-state index is 0.361. The highest BCUT2D eigenvalue weighted by Gasteiger charge is 2.01. The number of aryl methyl sites for hydroxylation is 1. The first kappa shape index (κ1) is 8.79. The van der Waals surface area contributed by atoms with E-state index in [1.54, 1.807) is 0 Å². The van der Waals surface area contributed by atoms with Gasteiger partial charge < -0.3 is 0 Å². The van der Waals surface area contributed by atoms with Crippen molar-refractivity contribution in [1.29, 1.82) is 0 Å². The molecule has 0 fully saturated rings. The monoisotopic (exact) mass is 211 g/mol. The molecular formula is C10H7Cl2N. The number of hydrogen-bond acceptors (Lipinski definition) is 1. The molecule has 2 rings (SSSR count). The topological polar surface area (TPSA) is 12.9 Å². The zero-order chi connectivity index (χ0) is 9.42. The van der Waals surface area contributed by atoms with Crippen LogP contribution < -0.4 is 0 Å². The molecule has 0 N–H and O–H groups in total. The summed E-state index contributed by atoms with van der Waals surface area (Å²) in [4.78, 5) is 4.17. The number of rotatable bonds is 0. The SMILES string of the molecule is Cc1ccc2cc(Cl)c(Cl)nc2c1. The Morgan fingerprint density at radius 3 is 2.69 bits per heavy atom. The van der Waals surface area contributed by atoms with E-state index in [0.717, 1.165) is 10.9 Å². The van der Waals surface area contributed by atoms with Crippen LogP contribution >= 0.6 is 23.2 Å². The molecule has 0 radical (unpaired) electrons. The summed E-state index contributed by atoms with van der Waals surface area (Å²) >= 11 is 11.6. The predicted octanol–water partition coefficient (Wildman–Crippen LogP) is 3.85. The molecular weight excluding hydrogens is 205 g/mol. The van der Waals surface area contributed by atoms with Gasteiger partial charge in [0.2, 0.25) is 0 Å². The van der Waals surface area contributed by atoms with E-state index in [1.165, 1.54) is 5.56 Å². The van der Waals surface area contributed by atoms with Crippen molar-refractivity contribution >= 4 is 34.1 Å². The molecule has 66 valence electrons. The average molecular weight is 212 g/mol. The average Bonchev–Trinajstić information content (AvgIpc) is 2.08. The van der Waals surface area contributed by atoms with Gasteiger partial charge in [-0.25, -0.2) is 4.98 Å². The Morgan fingerprint density at radius 2 is 1.92 bits per heavy atom. The summed E-state index contributed by atoms with van der Waals surface area (Å²) in [6.07, 6.45) is 0. The summed E-state index contributed by atoms with van der Waals surface area (Å²) in [6.45, 7) is 2.02. The Morgan fingerprint density at radius 1 is 1.15 bits per heavy atom. The molecule has 0 unspecified atom stereocenters. The van der Waals surface area contributed by atoms with Crippen molar-refractivity contribution in [3.8, 4) is 0 Å².